The lowest BCUT2D eigenvalue weighted by Crippen LogP contribution is -2.34. The van der Waals surface area contributed by atoms with Crippen molar-refractivity contribution in [1.82, 2.24) is 24.4 Å². The van der Waals surface area contributed by atoms with Crippen LogP contribution in [-0.2, 0) is 24.4 Å². The van der Waals surface area contributed by atoms with Crippen molar-refractivity contribution in [2.45, 2.75) is 33.5 Å². The van der Waals surface area contributed by atoms with Gasteiger partial charge >= 0.3 is 0 Å². The lowest BCUT2D eigenvalue weighted by Gasteiger charge is -2.16. The molecule has 22 heavy (non-hydrogen) atoms. The summed E-state index contributed by atoms with van der Waals surface area (Å²) >= 11 is 0. The zero-order valence-electron chi connectivity index (χ0n) is 12.4. The van der Waals surface area contributed by atoms with Crippen LogP contribution in [0.4, 0.5) is 5.95 Å². The van der Waals surface area contributed by atoms with E-state index in [1.165, 1.54) is 10.9 Å². The molecule has 0 aromatic carbocycles. The van der Waals surface area contributed by atoms with Crippen molar-refractivity contribution in [2.75, 3.05) is 5.73 Å². The highest BCUT2D eigenvalue weighted by molar-refractivity contribution is 5.76. The number of carbonyl (C=O) groups excluding carboxylic acids is 1. The summed E-state index contributed by atoms with van der Waals surface area (Å²) in [5.41, 5.74) is 8.22. The number of amides is 1. The van der Waals surface area contributed by atoms with Gasteiger partial charge in [-0.3, -0.25) is 14.2 Å². The fourth-order valence-electron chi connectivity index (χ4n) is 2.38. The minimum Gasteiger partial charge on any atom is -0.368 e. The summed E-state index contributed by atoms with van der Waals surface area (Å²) in [5, 5.41) is 0. The molecule has 8 heteroatoms. The number of hydrogen-bond donors (Lipinski definition) is 1. The van der Waals surface area contributed by atoms with Gasteiger partial charge in [0.15, 0.2) is 0 Å². The number of aromatic nitrogens is 4. The lowest BCUT2D eigenvalue weighted by molar-refractivity contribution is -0.132. The van der Waals surface area contributed by atoms with Gasteiger partial charge in [0.1, 0.15) is 6.54 Å². The van der Waals surface area contributed by atoms with Crippen LogP contribution in [0.25, 0.3) is 0 Å². The molecule has 0 radical (unpaired) electrons. The number of rotatable bonds is 2. The molecular formula is C14H16N6O2. The van der Waals surface area contributed by atoms with Crippen molar-refractivity contribution < 1.29 is 4.79 Å². The lowest BCUT2D eigenvalue weighted by atomic mass is 10.3. The first-order valence-electron chi connectivity index (χ1n) is 6.86. The number of nitrogens with zero attached hydrogens (tertiary/aromatic N) is 5. The molecule has 0 spiro atoms. The summed E-state index contributed by atoms with van der Waals surface area (Å²) < 4.78 is 1.33. The summed E-state index contributed by atoms with van der Waals surface area (Å²) in [6.07, 6.45) is 3.04. The number of aryl methyl sites for hydroxylation is 1. The normalized spacial score (nSPS) is 13.3. The molecule has 3 heterocycles. The van der Waals surface area contributed by atoms with Crippen LogP contribution in [0.3, 0.4) is 0 Å². The van der Waals surface area contributed by atoms with Crippen LogP contribution in [0.1, 0.15) is 22.5 Å². The Kier molecular flexibility index (Phi) is 3.36. The van der Waals surface area contributed by atoms with E-state index in [9.17, 15) is 9.59 Å². The summed E-state index contributed by atoms with van der Waals surface area (Å²) in [6, 6.07) is 0. The van der Waals surface area contributed by atoms with Gasteiger partial charge < -0.3 is 10.6 Å². The fourth-order valence-corrected chi connectivity index (χ4v) is 2.38. The summed E-state index contributed by atoms with van der Waals surface area (Å²) in [4.78, 5) is 38.3. The van der Waals surface area contributed by atoms with E-state index in [2.05, 4.69) is 15.0 Å². The van der Waals surface area contributed by atoms with E-state index in [-0.39, 0.29) is 24.0 Å². The van der Waals surface area contributed by atoms with E-state index in [1.54, 1.807) is 24.9 Å². The topological polar surface area (TPSA) is 107 Å². The first-order chi connectivity index (χ1) is 10.5. The number of anilines is 1. The molecule has 1 amide bonds. The van der Waals surface area contributed by atoms with Crippen molar-refractivity contribution in [3.63, 3.8) is 0 Å². The molecule has 0 fully saturated rings. The molecule has 114 valence electrons. The van der Waals surface area contributed by atoms with Gasteiger partial charge in [0.05, 0.1) is 18.6 Å². The smallest absolute Gasteiger partial charge is 0.256 e. The van der Waals surface area contributed by atoms with Crippen LogP contribution < -0.4 is 11.3 Å². The quantitative estimate of drug-likeness (QED) is 0.821. The van der Waals surface area contributed by atoms with Gasteiger partial charge in [-0.05, 0) is 13.8 Å². The van der Waals surface area contributed by atoms with Crippen LogP contribution in [0.2, 0.25) is 0 Å². The predicted molar refractivity (Wildman–Crippen MR) is 78.7 cm³/mol. The molecule has 2 aromatic rings. The summed E-state index contributed by atoms with van der Waals surface area (Å²) in [7, 11) is 0. The second-order valence-electron chi connectivity index (χ2n) is 5.34. The minimum absolute atomic E-state index is 0.0378. The first-order valence-corrected chi connectivity index (χ1v) is 6.86. The van der Waals surface area contributed by atoms with Gasteiger partial charge in [-0.1, -0.05) is 0 Å². The van der Waals surface area contributed by atoms with Crippen molar-refractivity contribution in [2.24, 2.45) is 0 Å². The zero-order chi connectivity index (χ0) is 15.9. The van der Waals surface area contributed by atoms with Gasteiger partial charge in [-0.15, -0.1) is 0 Å². The molecule has 2 aromatic heterocycles. The first kappa shape index (κ1) is 14.2. The zero-order valence-corrected chi connectivity index (χ0v) is 12.4. The molecular weight excluding hydrogens is 284 g/mol. The maximum absolute atomic E-state index is 12.4. The Labute approximate surface area is 126 Å². The van der Waals surface area contributed by atoms with Crippen LogP contribution in [0.15, 0.2) is 17.3 Å². The van der Waals surface area contributed by atoms with E-state index >= 15 is 0 Å². The molecule has 1 aliphatic rings. The molecule has 0 bridgehead atoms. The Balaban J connectivity index is 1.77. The molecule has 0 saturated heterocycles. The number of nitrogen functional groups attached to an aromatic ring is 1. The van der Waals surface area contributed by atoms with Crippen LogP contribution in [0.5, 0.6) is 0 Å². The monoisotopic (exact) mass is 300 g/mol. The average Bonchev–Trinajstić information content (AvgIpc) is 2.91. The number of hydrogen-bond acceptors (Lipinski definition) is 6. The number of nitrogens with two attached hydrogens (primary N) is 1. The van der Waals surface area contributed by atoms with Gasteiger partial charge in [0.2, 0.25) is 11.9 Å². The molecule has 0 atom stereocenters. The predicted octanol–water partition coefficient (Wildman–Crippen LogP) is -0.225. The van der Waals surface area contributed by atoms with Gasteiger partial charge in [0.25, 0.3) is 5.56 Å². The van der Waals surface area contributed by atoms with Gasteiger partial charge in [0, 0.05) is 29.6 Å². The molecule has 0 unspecified atom stereocenters. The molecule has 0 aliphatic carbocycles. The molecule has 2 N–H and O–H groups in total. The number of carbonyl (C=O) groups is 1. The highest BCUT2D eigenvalue weighted by atomic mass is 16.2. The maximum Gasteiger partial charge on any atom is 0.256 e. The Morgan fingerprint density at radius 3 is 2.86 bits per heavy atom. The standard InChI is InChI=1S/C14H16N6O2/c1-8-9(2)17-7-20(13(8)22)6-12(21)19-4-10-3-16-14(15)18-11(10)5-19/h3,7H,4-6H2,1-2H3,(H2,15,16,18). The molecule has 0 saturated carbocycles. The number of fused-ring (bicyclic) bond motifs is 1. The largest absolute Gasteiger partial charge is 0.368 e. The van der Waals surface area contributed by atoms with Gasteiger partial charge in [-0.2, -0.15) is 0 Å². The SMILES string of the molecule is Cc1ncn(CC(=O)N2Cc3cnc(N)nc3C2)c(=O)c1C. The third-order valence-corrected chi connectivity index (χ3v) is 3.85. The second kappa shape index (κ2) is 5.21. The third kappa shape index (κ3) is 2.43. The van der Waals surface area contributed by atoms with E-state index in [4.69, 9.17) is 5.73 Å². The second-order valence-corrected chi connectivity index (χ2v) is 5.34. The van der Waals surface area contributed by atoms with Crippen molar-refractivity contribution in [3.05, 3.63) is 45.4 Å². The Hall–Kier alpha value is -2.77. The van der Waals surface area contributed by atoms with Crippen molar-refractivity contribution in [3.8, 4) is 0 Å². The maximum atomic E-state index is 12.4. The van der Waals surface area contributed by atoms with Crippen LogP contribution in [-0.4, -0.2) is 30.3 Å². The Morgan fingerprint density at radius 2 is 2.09 bits per heavy atom. The van der Waals surface area contributed by atoms with E-state index in [1.807, 2.05) is 0 Å². The highest BCUT2D eigenvalue weighted by Crippen LogP contribution is 2.20. The average molecular weight is 300 g/mol. The van der Waals surface area contributed by atoms with Crippen LogP contribution in [0, 0.1) is 13.8 Å². The van der Waals surface area contributed by atoms with Crippen LogP contribution >= 0.6 is 0 Å². The van der Waals surface area contributed by atoms with Gasteiger partial charge in [-0.25, -0.2) is 15.0 Å². The Morgan fingerprint density at radius 1 is 1.32 bits per heavy atom. The summed E-state index contributed by atoms with van der Waals surface area (Å²) in [5.74, 6) is 0.0337. The summed E-state index contributed by atoms with van der Waals surface area (Å²) in [6.45, 7) is 4.25. The molecule has 8 nitrogen and oxygen atoms in total. The van der Waals surface area contributed by atoms with E-state index < -0.39 is 0 Å². The highest BCUT2D eigenvalue weighted by Gasteiger charge is 2.25. The minimum atomic E-state index is -0.193. The van der Waals surface area contributed by atoms with E-state index in [0.717, 1.165) is 11.3 Å². The Bertz CT molecular complexity index is 813. The van der Waals surface area contributed by atoms with Crippen molar-refractivity contribution in [1.29, 1.82) is 0 Å². The molecule has 3 rings (SSSR count). The third-order valence-electron chi connectivity index (χ3n) is 3.85. The molecule has 1 aliphatic heterocycles. The van der Waals surface area contributed by atoms with E-state index in [0.29, 0.717) is 24.3 Å². The van der Waals surface area contributed by atoms with Crippen molar-refractivity contribution >= 4 is 11.9 Å². The fraction of sp³-hybridized carbons (Fsp3) is 0.357.